The third kappa shape index (κ3) is 4.40. The number of nitrogens with zero attached hydrogens (tertiary/aromatic N) is 1. The second-order valence-corrected chi connectivity index (χ2v) is 5.08. The molecule has 0 bridgehead atoms. The van der Waals surface area contributed by atoms with E-state index in [2.05, 4.69) is 10.2 Å². The van der Waals surface area contributed by atoms with E-state index in [1.807, 2.05) is 0 Å². The lowest BCUT2D eigenvalue weighted by Crippen LogP contribution is -2.34. The topological polar surface area (TPSA) is 24.5 Å². The van der Waals surface area contributed by atoms with Gasteiger partial charge in [0.05, 0.1) is 6.10 Å². The fourth-order valence-corrected chi connectivity index (χ4v) is 2.68. The van der Waals surface area contributed by atoms with Crippen molar-refractivity contribution in [1.82, 2.24) is 10.2 Å². The van der Waals surface area contributed by atoms with Crippen LogP contribution in [0.15, 0.2) is 0 Å². The molecule has 2 aliphatic rings. The molecular formula is C13H26N2O. The van der Waals surface area contributed by atoms with Gasteiger partial charge >= 0.3 is 0 Å². The third-order valence-electron chi connectivity index (χ3n) is 3.71. The maximum atomic E-state index is 5.91. The molecule has 0 atom stereocenters. The van der Waals surface area contributed by atoms with Crippen LogP contribution in [-0.4, -0.2) is 50.3 Å². The molecular weight excluding hydrogens is 200 g/mol. The van der Waals surface area contributed by atoms with Crippen molar-refractivity contribution in [3.63, 3.8) is 0 Å². The third-order valence-corrected chi connectivity index (χ3v) is 3.71. The first-order valence-electron chi connectivity index (χ1n) is 7.00. The van der Waals surface area contributed by atoms with Crippen molar-refractivity contribution >= 4 is 0 Å². The predicted molar refractivity (Wildman–Crippen MR) is 66.8 cm³/mol. The van der Waals surface area contributed by atoms with Gasteiger partial charge in [0, 0.05) is 13.2 Å². The Labute approximate surface area is 99.5 Å². The predicted octanol–water partition coefficient (Wildman–Crippen LogP) is 1.63. The van der Waals surface area contributed by atoms with Crippen molar-refractivity contribution in [2.75, 3.05) is 39.3 Å². The minimum atomic E-state index is 0.530. The van der Waals surface area contributed by atoms with Gasteiger partial charge in [-0.2, -0.15) is 0 Å². The molecule has 16 heavy (non-hydrogen) atoms. The average Bonchev–Trinajstić information content (AvgIpc) is 2.37. The van der Waals surface area contributed by atoms with Gasteiger partial charge in [0.25, 0.3) is 0 Å². The fourth-order valence-electron chi connectivity index (χ4n) is 2.68. The van der Waals surface area contributed by atoms with Crippen molar-refractivity contribution < 1.29 is 4.74 Å². The highest BCUT2D eigenvalue weighted by Gasteiger charge is 2.13. The molecule has 3 nitrogen and oxygen atoms in total. The van der Waals surface area contributed by atoms with Crippen LogP contribution >= 0.6 is 0 Å². The largest absolute Gasteiger partial charge is 0.378 e. The smallest absolute Gasteiger partial charge is 0.0599 e. The summed E-state index contributed by atoms with van der Waals surface area (Å²) in [6, 6.07) is 0. The summed E-state index contributed by atoms with van der Waals surface area (Å²) in [5, 5.41) is 3.37. The molecule has 1 N–H and O–H groups in total. The second-order valence-electron chi connectivity index (χ2n) is 5.08. The SMILES string of the molecule is C1CCN(CCCOC2CCNCC2)CC1. The molecule has 0 amide bonds. The van der Waals surface area contributed by atoms with E-state index in [1.165, 1.54) is 58.2 Å². The van der Waals surface area contributed by atoms with Gasteiger partial charge in [-0.05, 0) is 58.3 Å². The van der Waals surface area contributed by atoms with E-state index < -0.39 is 0 Å². The number of rotatable bonds is 5. The fraction of sp³-hybridized carbons (Fsp3) is 1.00. The molecule has 2 aliphatic heterocycles. The molecule has 2 heterocycles. The van der Waals surface area contributed by atoms with Crippen LogP contribution in [0.4, 0.5) is 0 Å². The van der Waals surface area contributed by atoms with Gasteiger partial charge in [0.15, 0.2) is 0 Å². The van der Waals surface area contributed by atoms with Gasteiger partial charge in [-0.3, -0.25) is 0 Å². The van der Waals surface area contributed by atoms with E-state index in [1.54, 1.807) is 0 Å². The Morgan fingerprint density at radius 3 is 2.56 bits per heavy atom. The van der Waals surface area contributed by atoms with Gasteiger partial charge < -0.3 is 15.0 Å². The zero-order valence-corrected chi connectivity index (χ0v) is 10.4. The number of ether oxygens (including phenoxy) is 1. The van der Waals surface area contributed by atoms with Gasteiger partial charge in [0.2, 0.25) is 0 Å². The lowest BCUT2D eigenvalue weighted by Gasteiger charge is -2.27. The summed E-state index contributed by atoms with van der Waals surface area (Å²) in [5.41, 5.74) is 0. The summed E-state index contributed by atoms with van der Waals surface area (Å²) in [7, 11) is 0. The Bertz CT molecular complexity index is 155. The molecule has 2 fully saturated rings. The lowest BCUT2D eigenvalue weighted by atomic mass is 10.1. The molecule has 2 rings (SSSR count). The van der Waals surface area contributed by atoms with Crippen LogP contribution in [0.1, 0.15) is 38.5 Å². The monoisotopic (exact) mass is 226 g/mol. The van der Waals surface area contributed by atoms with Crippen molar-refractivity contribution in [3.05, 3.63) is 0 Å². The molecule has 0 aromatic heterocycles. The Balaban J connectivity index is 1.47. The van der Waals surface area contributed by atoms with Crippen LogP contribution < -0.4 is 5.32 Å². The number of hydrogen-bond donors (Lipinski definition) is 1. The minimum absolute atomic E-state index is 0.530. The first-order valence-corrected chi connectivity index (χ1v) is 7.00. The Kier molecular flexibility index (Phi) is 5.59. The highest BCUT2D eigenvalue weighted by atomic mass is 16.5. The Morgan fingerprint density at radius 2 is 1.81 bits per heavy atom. The second kappa shape index (κ2) is 7.25. The quantitative estimate of drug-likeness (QED) is 0.721. The van der Waals surface area contributed by atoms with Crippen LogP contribution in [0, 0.1) is 0 Å². The minimum Gasteiger partial charge on any atom is -0.378 e. The standard InChI is InChI=1S/C13H26N2O/c1-2-9-15(10-3-1)11-4-12-16-13-5-7-14-8-6-13/h13-14H,1-12H2. The van der Waals surface area contributed by atoms with Crippen LogP contribution in [0.2, 0.25) is 0 Å². The maximum absolute atomic E-state index is 5.91. The number of likely N-dealkylation sites (tertiary alicyclic amines) is 1. The summed E-state index contributed by atoms with van der Waals surface area (Å²) in [6.07, 6.45) is 8.37. The molecule has 0 saturated carbocycles. The van der Waals surface area contributed by atoms with E-state index in [0.717, 1.165) is 19.7 Å². The van der Waals surface area contributed by atoms with Crippen molar-refractivity contribution in [1.29, 1.82) is 0 Å². The molecule has 94 valence electrons. The Hall–Kier alpha value is -0.120. The Morgan fingerprint density at radius 1 is 1.06 bits per heavy atom. The number of hydrogen-bond acceptors (Lipinski definition) is 3. The zero-order chi connectivity index (χ0) is 11.1. The first kappa shape index (κ1) is 12.3. The van der Waals surface area contributed by atoms with E-state index in [0.29, 0.717) is 6.10 Å². The lowest BCUT2D eigenvalue weighted by molar-refractivity contribution is 0.0270. The summed E-state index contributed by atoms with van der Waals surface area (Å²) >= 11 is 0. The van der Waals surface area contributed by atoms with Crippen LogP contribution in [-0.2, 0) is 4.74 Å². The molecule has 0 unspecified atom stereocenters. The van der Waals surface area contributed by atoms with E-state index in [4.69, 9.17) is 4.74 Å². The van der Waals surface area contributed by atoms with Crippen molar-refractivity contribution in [2.24, 2.45) is 0 Å². The van der Waals surface area contributed by atoms with Crippen LogP contribution in [0.25, 0.3) is 0 Å². The number of piperidine rings is 2. The molecule has 3 heteroatoms. The summed E-state index contributed by atoms with van der Waals surface area (Å²) in [4.78, 5) is 2.59. The highest BCUT2D eigenvalue weighted by Crippen LogP contribution is 2.10. The average molecular weight is 226 g/mol. The summed E-state index contributed by atoms with van der Waals surface area (Å²) < 4.78 is 5.91. The van der Waals surface area contributed by atoms with E-state index in [-0.39, 0.29) is 0 Å². The molecule has 0 aliphatic carbocycles. The summed E-state index contributed by atoms with van der Waals surface area (Å²) in [6.45, 7) is 7.10. The molecule has 0 aromatic carbocycles. The normalized spacial score (nSPS) is 24.8. The van der Waals surface area contributed by atoms with Crippen LogP contribution in [0.5, 0.6) is 0 Å². The maximum Gasteiger partial charge on any atom is 0.0599 e. The van der Waals surface area contributed by atoms with Gasteiger partial charge in [-0.1, -0.05) is 6.42 Å². The van der Waals surface area contributed by atoms with Gasteiger partial charge in [0.1, 0.15) is 0 Å². The molecule has 0 radical (unpaired) electrons. The highest BCUT2D eigenvalue weighted by molar-refractivity contribution is 4.68. The van der Waals surface area contributed by atoms with E-state index >= 15 is 0 Å². The molecule has 0 spiro atoms. The first-order chi connectivity index (χ1) is 7.95. The zero-order valence-electron chi connectivity index (χ0n) is 10.4. The van der Waals surface area contributed by atoms with Crippen molar-refractivity contribution in [2.45, 2.75) is 44.6 Å². The molecule has 2 saturated heterocycles. The van der Waals surface area contributed by atoms with E-state index in [9.17, 15) is 0 Å². The summed E-state index contributed by atoms with van der Waals surface area (Å²) in [5.74, 6) is 0. The number of nitrogens with one attached hydrogen (secondary N) is 1. The van der Waals surface area contributed by atoms with Gasteiger partial charge in [-0.15, -0.1) is 0 Å². The van der Waals surface area contributed by atoms with Gasteiger partial charge in [-0.25, -0.2) is 0 Å². The van der Waals surface area contributed by atoms with Crippen LogP contribution in [0.3, 0.4) is 0 Å². The van der Waals surface area contributed by atoms with Crippen molar-refractivity contribution in [3.8, 4) is 0 Å². The molecule has 0 aromatic rings.